The Morgan fingerprint density at radius 3 is 2.50 bits per heavy atom. The van der Waals surface area contributed by atoms with E-state index in [1.807, 2.05) is 0 Å². The van der Waals surface area contributed by atoms with Crippen molar-refractivity contribution in [3.8, 4) is 0 Å². The van der Waals surface area contributed by atoms with Crippen molar-refractivity contribution in [1.82, 2.24) is 4.90 Å². The third-order valence-electron chi connectivity index (χ3n) is 4.39. The van der Waals surface area contributed by atoms with Gasteiger partial charge in [-0.2, -0.15) is 0 Å². The summed E-state index contributed by atoms with van der Waals surface area (Å²) in [4.78, 5) is 13.9. The van der Waals surface area contributed by atoms with Gasteiger partial charge in [-0.25, -0.2) is 12.8 Å². The highest BCUT2D eigenvalue weighted by molar-refractivity contribution is 7.91. The lowest BCUT2D eigenvalue weighted by Crippen LogP contribution is -2.49. The number of sulfone groups is 1. The molecule has 1 aliphatic carbocycles. The topological polar surface area (TPSA) is 54.5 Å². The number of carbonyl (C=O) groups is 1. The molecular weight excluding hydrogens is 305 g/mol. The molecule has 0 radical (unpaired) electrons. The first-order valence-corrected chi connectivity index (χ1v) is 9.39. The summed E-state index contributed by atoms with van der Waals surface area (Å²) in [6, 6.07) is 4.06. The van der Waals surface area contributed by atoms with Crippen LogP contribution in [0.25, 0.3) is 0 Å². The van der Waals surface area contributed by atoms with Gasteiger partial charge in [-0.15, -0.1) is 0 Å². The monoisotopic (exact) mass is 327 g/mol. The van der Waals surface area contributed by atoms with Crippen molar-refractivity contribution >= 4 is 15.7 Å². The molecule has 122 valence electrons. The van der Waals surface area contributed by atoms with Crippen molar-refractivity contribution < 1.29 is 17.6 Å². The summed E-state index contributed by atoms with van der Waals surface area (Å²) in [7, 11) is -1.67. The Morgan fingerprint density at radius 2 is 1.91 bits per heavy atom. The standard InChI is InChI=1S/C16H22FNO3S/c1-11-8-9-12(13(17)10-11)16(19)18(2)14-6-4-5-7-15(14)22(3,20)21/h8-10,14-15H,4-7H2,1-3H3/t14-,15+/m1/s1. The minimum atomic E-state index is -3.24. The van der Waals surface area contributed by atoms with E-state index < -0.39 is 32.9 Å². The van der Waals surface area contributed by atoms with Crippen LogP contribution in [0.3, 0.4) is 0 Å². The van der Waals surface area contributed by atoms with E-state index in [1.54, 1.807) is 20.0 Å². The molecule has 2 atom stereocenters. The molecular formula is C16H22FNO3S. The normalized spacial score (nSPS) is 22.4. The molecule has 0 spiro atoms. The lowest BCUT2D eigenvalue weighted by Gasteiger charge is -2.37. The van der Waals surface area contributed by atoms with Crippen LogP contribution in [-0.2, 0) is 9.84 Å². The van der Waals surface area contributed by atoms with Gasteiger partial charge < -0.3 is 4.90 Å². The number of rotatable bonds is 3. The summed E-state index contributed by atoms with van der Waals surface area (Å²) < 4.78 is 37.9. The number of amides is 1. The molecule has 1 amide bonds. The van der Waals surface area contributed by atoms with Crippen LogP contribution in [0.15, 0.2) is 18.2 Å². The number of carbonyl (C=O) groups excluding carboxylic acids is 1. The van der Waals surface area contributed by atoms with E-state index in [0.717, 1.165) is 18.4 Å². The molecule has 2 rings (SSSR count). The Hall–Kier alpha value is -1.43. The molecule has 0 aliphatic heterocycles. The highest BCUT2D eigenvalue weighted by atomic mass is 32.2. The van der Waals surface area contributed by atoms with Gasteiger partial charge in [0.25, 0.3) is 5.91 Å². The number of aryl methyl sites for hydroxylation is 1. The second-order valence-electron chi connectivity index (χ2n) is 6.12. The van der Waals surface area contributed by atoms with Crippen molar-refractivity contribution in [2.24, 2.45) is 0 Å². The molecule has 1 aliphatic rings. The largest absolute Gasteiger partial charge is 0.337 e. The quantitative estimate of drug-likeness (QED) is 0.857. The molecule has 1 saturated carbocycles. The highest BCUT2D eigenvalue weighted by Crippen LogP contribution is 2.28. The lowest BCUT2D eigenvalue weighted by molar-refractivity contribution is 0.0695. The Bertz CT molecular complexity index is 672. The van der Waals surface area contributed by atoms with Crippen LogP contribution < -0.4 is 0 Å². The Balaban J connectivity index is 2.28. The zero-order chi connectivity index (χ0) is 16.5. The number of nitrogens with zero attached hydrogens (tertiary/aromatic N) is 1. The maximum absolute atomic E-state index is 14.0. The van der Waals surface area contributed by atoms with E-state index in [2.05, 4.69) is 0 Å². The van der Waals surface area contributed by atoms with Crippen molar-refractivity contribution in [3.05, 3.63) is 35.1 Å². The first-order valence-electron chi connectivity index (χ1n) is 7.44. The Kier molecular flexibility index (Phi) is 4.90. The third-order valence-corrected chi connectivity index (χ3v) is 6.04. The molecule has 0 saturated heterocycles. The maximum Gasteiger partial charge on any atom is 0.256 e. The average Bonchev–Trinajstić information content (AvgIpc) is 2.45. The molecule has 22 heavy (non-hydrogen) atoms. The van der Waals surface area contributed by atoms with Crippen LogP contribution in [0.2, 0.25) is 0 Å². The maximum atomic E-state index is 14.0. The summed E-state index contributed by atoms with van der Waals surface area (Å²) in [5.41, 5.74) is 0.731. The molecule has 0 heterocycles. The fourth-order valence-electron chi connectivity index (χ4n) is 3.15. The van der Waals surface area contributed by atoms with Gasteiger partial charge in [-0.05, 0) is 37.5 Å². The second-order valence-corrected chi connectivity index (χ2v) is 8.38. The fourth-order valence-corrected chi connectivity index (χ4v) is 4.64. The second kappa shape index (κ2) is 6.36. The molecule has 0 N–H and O–H groups in total. The zero-order valence-electron chi connectivity index (χ0n) is 13.2. The molecule has 0 aromatic heterocycles. The highest BCUT2D eigenvalue weighted by Gasteiger charge is 2.37. The van der Waals surface area contributed by atoms with Crippen molar-refractivity contribution in [2.45, 2.75) is 43.9 Å². The van der Waals surface area contributed by atoms with E-state index in [-0.39, 0.29) is 5.56 Å². The van der Waals surface area contributed by atoms with Crippen LogP contribution in [-0.4, -0.2) is 43.8 Å². The van der Waals surface area contributed by atoms with Crippen LogP contribution in [0.4, 0.5) is 4.39 Å². The first kappa shape index (κ1) is 16.9. The first-order chi connectivity index (χ1) is 10.2. The van der Waals surface area contributed by atoms with E-state index in [9.17, 15) is 17.6 Å². The number of hydrogen-bond acceptors (Lipinski definition) is 3. The van der Waals surface area contributed by atoms with Gasteiger partial charge in [-0.1, -0.05) is 18.9 Å². The molecule has 6 heteroatoms. The molecule has 1 aromatic carbocycles. The SMILES string of the molecule is Cc1ccc(C(=O)N(C)[C@@H]2CCCC[C@@H]2S(C)(=O)=O)c(F)c1. The average molecular weight is 327 g/mol. The molecule has 1 fully saturated rings. The lowest BCUT2D eigenvalue weighted by atomic mass is 9.93. The number of benzene rings is 1. The smallest absolute Gasteiger partial charge is 0.256 e. The molecule has 0 unspecified atom stereocenters. The van der Waals surface area contributed by atoms with Gasteiger partial charge >= 0.3 is 0 Å². The van der Waals surface area contributed by atoms with Crippen LogP contribution in [0.1, 0.15) is 41.6 Å². The summed E-state index contributed by atoms with van der Waals surface area (Å²) in [6.45, 7) is 1.75. The van der Waals surface area contributed by atoms with Crippen molar-refractivity contribution in [1.29, 1.82) is 0 Å². The zero-order valence-corrected chi connectivity index (χ0v) is 14.0. The third kappa shape index (κ3) is 3.48. The van der Waals surface area contributed by atoms with E-state index in [4.69, 9.17) is 0 Å². The number of halogens is 1. The predicted molar refractivity (Wildman–Crippen MR) is 84.1 cm³/mol. The van der Waals surface area contributed by atoms with Gasteiger partial charge in [0.2, 0.25) is 0 Å². The van der Waals surface area contributed by atoms with Gasteiger partial charge in [0.15, 0.2) is 9.84 Å². The minimum Gasteiger partial charge on any atom is -0.337 e. The van der Waals surface area contributed by atoms with Crippen molar-refractivity contribution in [3.63, 3.8) is 0 Å². The van der Waals surface area contributed by atoms with Crippen molar-refractivity contribution in [2.75, 3.05) is 13.3 Å². The van der Waals surface area contributed by atoms with Gasteiger partial charge in [0.05, 0.1) is 10.8 Å². The minimum absolute atomic E-state index is 0.00840. The summed E-state index contributed by atoms with van der Waals surface area (Å²) >= 11 is 0. The van der Waals surface area contributed by atoms with Crippen LogP contribution in [0, 0.1) is 12.7 Å². The predicted octanol–water partition coefficient (Wildman–Crippen LogP) is 2.56. The van der Waals surface area contributed by atoms with E-state index in [0.29, 0.717) is 12.8 Å². The summed E-state index contributed by atoms with van der Waals surface area (Å²) in [5, 5.41) is -0.566. The van der Waals surface area contributed by atoms with E-state index >= 15 is 0 Å². The Morgan fingerprint density at radius 1 is 1.27 bits per heavy atom. The molecule has 0 bridgehead atoms. The fraction of sp³-hybridized carbons (Fsp3) is 0.562. The number of hydrogen-bond donors (Lipinski definition) is 0. The summed E-state index contributed by atoms with van der Waals surface area (Å²) in [5.74, 6) is -1.03. The summed E-state index contributed by atoms with van der Waals surface area (Å²) in [6.07, 6.45) is 4.12. The Labute approximate surface area is 131 Å². The van der Waals surface area contributed by atoms with Gasteiger partial charge in [-0.3, -0.25) is 4.79 Å². The van der Waals surface area contributed by atoms with E-state index in [1.165, 1.54) is 23.3 Å². The van der Waals surface area contributed by atoms with Crippen LogP contribution in [0.5, 0.6) is 0 Å². The van der Waals surface area contributed by atoms with Crippen LogP contribution >= 0.6 is 0 Å². The molecule has 4 nitrogen and oxygen atoms in total. The molecule has 1 aromatic rings. The van der Waals surface area contributed by atoms with Gasteiger partial charge in [0.1, 0.15) is 5.82 Å². The van der Waals surface area contributed by atoms with Gasteiger partial charge in [0, 0.05) is 19.3 Å².